The third kappa shape index (κ3) is 7.82. The van der Waals surface area contributed by atoms with Crippen molar-refractivity contribution in [2.24, 2.45) is 11.8 Å². The summed E-state index contributed by atoms with van der Waals surface area (Å²) in [6, 6.07) is 17.9. The maximum atomic E-state index is 13.8. The van der Waals surface area contributed by atoms with Gasteiger partial charge in [-0.05, 0) is 114 Å². The quantitative estimate of drug-likeness (QED) is 0.102. The van der Waals surface area contributed by atoms with Crippen LogP contribution in [0.2, 0.25) is 0 Å². The fraction of sp³-hybridized carbons (Fsp3) is 0.469. The van der Waals surface area contributed by atoms with Crippen LogP contribution in [0.3, 0.4) is 0 Å². The minimum absolute atomic E-state index is 0.101. The first-order chi connectivity index (χ1) is 30.4. The van der Waals surface area contributed by atoms with Crippen molar-refractivity contribution < 1.29 is 28.7 Å². The average molecular weight is 855 g/mol. The lowest BCUT2D eigenvalue weighted by atomic mass is 9.82. The predicted molar refractivity (Wildman–Crippen MR) is 240 cm³/mol. The number of nitrogens with zero attached hydrogens (tertiary/aromatic N) is 4. The van der Waals surface area contributed by atoms with Gasteiger partial charge in [-0.15, -0.1) is 0 Å². The van der Waals surface area contributed by atoms with E-state index in [1.807, 2.05) is 49.8 Å². The standard InChI is InChI=1S/C49H58N8O6/c1-26(2)42(54-48(60)62-5)46(58)56-21-7-9-38(56)44-50-25-37(53-44)34-19-18-33(40-31-15-16-32(23-31)41(34)40)29-13-11-28(12-14-29)30-17-20-35-36(24-30)52-45(51-35)39-10-8-22-57(39)47(59)43(27(3)4)55-49(61)63-6/h11-14,17-20,24-27,31-32,38-39,42-43H,7-10,15-16,21-23H2,1-6H3,(H,50,53)(H,51,52)(H,54,60)(H,55,61)/t31?,32?,38?,39?,42-,43-/m0/s1. The molecule has 63 heavy (non-hydrogen) atoms. The molecular weight excluding hydrogens is 797 g/mol. The van der Waals surface area contributed by atoms with Crippen molar-refractivity contribution in [2.45, 2.75) is 109 Å². The number of imidazole rings is 2. The Bertz CT molecular complexity index is 2540. The molecule has 14 heteroatoms. The second-order valence-electron chi connectivity index (χ2n) is 18.4. The van der Waals surface area contributed by atoms with Gasteiger partial charge in [-0.2, -0.15) is 0 Å². The van der Waals surface area contributed by atoms with Crippen molar-refractivity contribution in [3.63, 3.8) is 0 Å². The van der Waals surface area contributed by atoms with Crippen LogP contribution in [-0.2, 0) is 19.1 Å². The van der Waals surface area contributed by atoms with Gasteiger partial charge in [-0.3, -0.25) is 9.59 Å². The van der Waals surface area contributed by atoms with E-state index in [1.165, 1.54) is 54.9 Å². The zero-order chi connectivity index (χ0) is 44.1. The first-order valence-corrected chi connectivity index (χ1v) is 22.6. The van der Waals surface area contributed by atoms with Gasteiger partial charge in [-0.25, -0.2) is 19.6 Å². The predicted octanol–water partition coefficient (Wildman–Crippen LogP) is 8.74. The second kappa shape index (κ2) is 17.2. The Kier molecular flexibility index (Phi) is 11.5. The van der Waals surface area contributed by atoms with E-state index in [0.29, 0.717) is 24.9 Å². The van der Waals surface area contributed by atoms with E-state index in [-0.39, 0.29) is 35.7 Å². The number of aromatic amines is 2. The van der Waals surface area contributed by atoms with Gasteiger partial charge in [0.15, 0.2) is 0 Å². The van der Waals surface area contributed by atoms with Crippen LogP contribution in [0.25, 0.3) is 44.5 Å². The van der Waals surface area contributed by atoms with Crippen LogP contribution in [0.15, 0.2) is 60.8 Å². The van der Waals surface area contributed by atoms with Crippen molar-refractivity contribution in [1.82, 2.24) is 40.4 Å². The highest BCUT2D eigenvalue weighted by molar-refractivity contribution is 5.88. The lowest BCUT2D eigenvalue weighted by Gasteiger charge is -2.30. The molecule has 4 unspecified atom stereocenters. The number of alkyl carbamates (subject to hydrolysis) is 2. The molecule has 14 nitrogen and oxygen atoms in total. The van der Waals surface area contributed by atoms with Crippen LogP contribution in [0.1, 0.15) is 119 Å². The summed E-state index contributed by atoms with van der Waals surface area (Å²) in [4.78, 5) is 72.3. The number of hydrogen-bond donors (Lipinski definition) is 4. The number of H-pyrrole nitrogens is 2. The highest BCUT2D eigenvalue weighted by Crippen LogP contribution is 2.58. The molecule has 4 amide bonds. The van der Waals surface area contributed by atoms with Crippen LogP contribution in [-0.4, -0.2) is 93.1 Å². The number of hydrogen-bond acceptors (Lipinski definition) is 8. The number of carbonyl (C=O) groups excluding carboxylic acids is 4. The molecule has 4 N–H and O–H groups in total. The summed E-state index contributed by atoms with van der Waals surface area (Å²) in [6.07, 6.45) is 7.54. The maximum absolute atomic E-state index is 13.8. The summed E-state index contributed by atoms with van der Waals surface area (Å²) in [6.45, 7) is 8.89. The number of likely N-dealkylation sites (tertiary alicyclic amines) is 2. The zero-order valence-electron chi connectivity index (χ0n) is 37.0. The number of amides is 4. The van der Waals surface area contributed by atoms with Gasteiger partial charge in [0.1, 0.15) is 23.7 Å². The Hall–Kier alpha value is -6.18. The molecule has 2 aliphatic carbocycles. The minimum Gasteiger partial charge on any atom is -0.453 e. The van der Waals surface area contributed by atoms with Crippen LogP contribution >= 0.6 is 0 Å². The van der Waals surface area contributed by atoms with Crippen molar-refractivity contribution in [3.05, 3.63) is 83.6 Å². The van der Waals surface area contributed by atoms with Crippen molar-refractivity contribution in [2.75, 3.05) is 27.3 Å². The SMILES string of the molecule is COC(=O)N[C@H](C(=O)N1CCCC1c1ncc(-c2ccc(-c3ccc(-c4ccc5nc(C6CCCN6C(=O)[C@@H](NC(=O)OC)C(C)C)[nH]c5c4)cc3)c3c2C2CCC3C2)[nH]1)C(C)C. The van der Waals surface area contributed by atoms with Crippen LogP contribution < -0.4 is 10.6 Å². The molecule has 330 valence electrons. The van der Waals surface area contributed by atoms with Crippen LogP contribution in [0.5, 0.6) is 0 Å². The molecule has 2 aromatic heterocycles. The number of fused-ring (bicyclic) bond motifs is 6. The summed E-state index contributed by atoms with van der Waals surface area (Å²) in [5, 5.41) is 5.47. The number of benzene rings is 3. The lowest BCUT2D eigenvalue weighted by molar-refractivity contribution is -0.136. The Morgan fingerprint density at radius 3 is 1.79 bits per heavy atom. The lowest BCUT2D eigenvalue weighted by Crippen LogP contribution is -2.51. The molecule has 1 saturated carbocycles. The molecule has 3 aromatic carbocycles. The fourth-order valence-corrected chi connectivity index (χ4v) is 10.7. The van der Waals surface area contributed by atoms with Crippen LogP contribution in [0.4, 0.5) is 9.59 Å². The summed E-state index contributed by atoms with van der Waals surface area (Å²) in [5.41, 5.74) is 11.4. The molecule has 4 aliphatic rings. The van der Waals surface area contributed by atoms with Gasteiger partial charge < -0.3 is 39.9 Å². The molecule has 5 aromatic rings. The number of rotatable bonds is 11. The van der Waals surface area contributed by atoms with E-state index >= 15 is 0 Å². The molecule has 2 saturated heterocycles. The number of nitrogens with one attached hydrogen (secondary N) is 4. The van der Waals surface area contributed by atoms with Gasteiger partial charge >= 0.3 is 12.2 Å². The van der Waals surface area contributed by atoms with E-state index in [2.05, 4.69) is 69.1 Å². The number of aromatic nitrogens is 4. The molecule has 0 radical (unpaired) electrons. The Labute approximate surface area is 367 Å². The maximum Gasteiger partial charge on any atom is 0.407 e. The first kappa shape index (κ1) is 42.1. The second-order valence-corrected chi connectivity index (χ2v) is 18.4. The van der Waals surface area contributed by atoms with Crippen molar-refractivity contribution >= 4 is 35.0 Å². The highest BCUT2D eigenvalue weighted by Gasteiger charge is 2.42. The van der Waals surface area contributed by atoms with E-state index < -0.39 is 24.3 Å². The third-order valence-corrected chi connectivity index (χ3v) is 13.9. The summed E-state index contributed by atoms with van der Waals surface area (Å²) < 4.78 is 9.62. The highest BCUT2D eigenvalue weighted by atomic mass is 16.5. The topological polar surface area (TPSA) is 175 Å². The average Bonchev–Trinajstić information content (AvgIpc) is 4.16. The summed E-state index contributed by atoms with van der Waals surface area (Å²) in [7, 11) is 2.61. The minimum atomic E-state index is -0.688. The number of methoxy groups -OCH3 is 2. The molecule has 4 heterocycles. The van der Waals surface area contributed by atoms with Crippen molar-refractivity contribution in [1.29, 1.82) is 0 Å². The molecule has 2 aliphatic heterocycles. The van der Waals surface area contributed by atoms with E-state index in [0.717, 1.165) is 71.6 Å². The van der Waals surface area contributed by atoms with E-state index in [1.54, 1.807) is 0 Å². The summed E-state index contributed by atoms with van der Waals surface area (Å²) in [5.74, 6) is 2.10. The number of carbonyl (C=O) groups is 4. The molecular formula is C49H58N8O6. The Balaban J connectivity index is 0.943. The summed E-state index contributed by atoms with van der Waals surface area (Å²) >= 11 is 0. The van der Waals surface area contributed by atoms with Crippen molar-refractivity contribution in [3.8, 4) is 33.5 Å². The largest absolute Gasteiger partial charge is 0.453 e. The van der Waals surface area contributed by atoms with Gasteiger partial charge in [0, 0.05) is 18.7 Å². The fourth-order valence-electron chi connectivity index (χ4n) is 10.7. The molecule has 6 atom stereocenters. The molecule has 9 rings (SSSR count). The Morgan fingerprint density at radius 1 is 0.667 bits per heavy atom. The van der Waals surface area contributed by atoms with Gasteiger partial charge in [0.25, 0.3) is 0 Å². The third-order valence-electron chi connectivity index (χ3n) is 13.9. The number of ether oxygens (including phenoxy) is 2. The first-order valence-electron chi connectivity index (χ1n) is 22.6. The van der Waals surface area contributed by atoms with Gasteiger partial charge in [-0.1, -0.05) is 70.2 Å². The smallest absolute Gasteiger partial charge is 0.407 e. The normalized spacial score (nSPS) is 21.3. The van der Waals surface area contributed by atoms with Gasteiger partial charge in [0.2, 0.25) is 11.8 Å². The van der Waals surface area contributed by atoms with E-state index in [9.17, 15) is 19.2 Å². The Morgan fingerprint density at radius 2 is 1.21 bits per heavy atom. The molecule has 2 bridgehead atoms. The van der Waals surface area contributed by atoms with E-state index in [4.69, 9.17) is 19.4 Å². The monoisotopic (exact) mass is 854 g/mol. The molecule has 0 spiro atoms. The molecule has 3 fully saturated rings. The van der Waals surface area contributed by atoms with Crippen LogP contribution in [0, 0.1) is 11.8 Å². The van der Waals surface area contributed by atoms with Gasteiger partial charge in [0.05, 0.1) is 49.2 Å². The zero-order valence-corrected chi connectivity index (χ0v) is 37.0.